The van der Waals surface area contributed by atoms with Crippen molar-refractivity contribution in [3.63, 3.8) is 0 Å². The van der Waals surface area contributed by atoms with Crippen LogP contribution in [0, 0.1) is 11.8 Å². The number of aliphatic hydroxyl groups excluding tert-OH is 2. The minimum atomic E-state index is -2.70. The molecule has 2 aliphatic rings. The van der Waals surface area contributed by atoms with E-state index < -0.39 is 36.8 Å². The smallest absolute Gasteiger partial charge is 0.255 e. The number of allylic oxidation sites excluding steroid dienone is 1. The van der Waals surface area contributed by atoms with Crippen LogP contribution >= 0.6 is 0 Å². The molecule has 2 atom stereocenters. The number of morpholine rings is 1. The molecule has 2 heterocycles. The van der Waals surface area contributed by atoms with E-state index in [4.69, 9.17) is 4.74 Å². The molecule has 1 saturated heterocycles. The van der Waals surface area contributed by atoms with Gasteiger partial charge in [-0.15, -0.1) is 0 Å². The molecule has 0 bridgehead atoms. The lowest BCUT2D eigenvalue weighted by molar-refractivity contribution is -0.123. The number of hydrogen-bond donors (Lipinski definition) is 4. The summed E-state index contributed by atoms with van der Waals surface area (Å²) in [6.07, 6.45) is -2.92. The number of benzene rings is 2. The first-order valence-corrected chi connectivity index (χ1v) is 12.3. The Balaban J connectivity index is 1.45. The highest BCUT2D eigenvalue weighted by Crippen LogP contribution is 2.28. The quantitative estimate of drug-likeness (QED) is 0.396. The molecule has 2 aromatic carbocycles. The van der Waals surface area contributed by atoms with Gasteiger partial charge in [0.2, 0.25) is 5.91 Å². The van der Waals surface area contributed by atoms with Crippen molar-refractivity contribution in [2.24, 2.45) is 4.99 Å². The van der Waals surface area contributed by atoms with Crippen LogP contribution in [-0.2, 0) is 16.1 Å². The molecule has 8 nitrogen and oxygen atoms in total. The van der Waals surface area contributed by atoms with E-state index in [-0.39, 0.29) is 12.1 Å². The van der Waals surface area contributed by atoms with E-state index in [1.54, 1.807) is 24.3 Å². The van der Waals surface area contributed by atoms with E-state index >= 15 is 0 Å². The summed E-state index contributed by atoms with van der Waals surface area (Å²) in [5.41, 5.74) is 3.43. The van der Waals surface area contributed by atoms with Crippen LogP contribution < -0.4 is 10.6 Å². The molecular formula is C28H30F2N4O4. The zero-order valence-electron chi connectivity index (χ0n) is 20.7. The van der Waals surface area contributed by atoms with Crippen molar-refractivity contribution in [3.8, 4) is 11.8 Å². The number of carbonyl (C=O) groups is 1. The van der Waals surface area contributed by atoms with Crippen LogP contribution in [0.3, 0.4) is 0 Å². The average molecular weight is 525 g/mol. The van der Waals surface area contributed by atoms with Gasteiger partial charge in [0.25, 0.3) is 6.43 Å². The van der Waals surface area contributed by atoms with Gasteiger partial charge >= 0.3 is 0 Å². The number of rotatable bonds is 8. The fraction of sp³-hybridized carbons (Fsp3) is 0.357. The minimum Gasteiger partial charge on any atom is -0.506 e. The SMILES string of the molecule is O=C(NCC(F)F)C(CC1=C(O)C(O)NC=N1)c1ccc(C#Cc2ccc(CN3CCOCC3)cc2)cc1. The highest BCUT2D eigenvalue weighted by molar-refractivity contribution is 5.84. The Morgan fingerprint density at radius 1 is 1.11 bits per heavy atom. The van der Waals surface area contributed by atoms with Crippen molar-refractivity contribution in [1.29, 1.82) is 0 Å². The van der Waals surface area contributed by atoms with E-state index in [1.807, 2.05) is 12.1 Å². The van der Waals surface area contributed by atoms with E-state index in [2.05, 4.69) is 44.5 Å². The number of halogens is 2. The summed E-state index contributed by atoms with van der Waals surface area (Å²) in [4.78, 5) is 19.1. The molecule has 0 saturated carbocycles. The van der Waals surface area contributed by atoms with Crippen molar-refractivity contribution >= 4 is 12.2 Å². The molecular weight excluding hydrogens is 494 g/mol. The third kappa shape index (κ3) is 7.61. The van der Waals surface area contributed by atoms with Gasteiger partial charge < -0.3 is 25.6 Å². The van der Waals surface area contributed by atoms with Crippen molar-refractivity contribution in [3.05, 3.63) is 82.2 Å². The molecule has 0 spiro atoms. The van der Waals surface area contributed by atoms with Crippen LogP contribution in [0.5, 0.6) is 0 Å². The summed E-state index contributed by atoms with van der Waals surface area (Å²) < 4.78 is 30.8. The van der Waals surface area contributed by atoms with Crippen LogP contribution in [0.15, 0.2) is 65.0 Å². The predicted molar refractivity (Wildman–Crippen MR) is 139 cm³/mol. The second kappa shape index (κ2) is 13.1. The van der Waals surface area contributed by atoms with Crippen molar-refractivity contribution in [1.82, 2.24) is 15.5 Å². The lowest BCUT2D eigenvalue weighted by atomic mass is 9.92. The van der Waals surface area contributed by atoms with E-state index in [0.29, 0.717) is 5.56 Å². The lowest BCUT2D eigenvalue weighted by Gasteiger charge is -2.26. The van der Waals surface area contributed by atoms with Crippen LogP contribution in [0.4, 0.5) is 8.78 Å². The van der Waals surface area contributed by atoms with Crippen molar-refractivity contribution in [2.45, 2.75) is 31.5 Å². The molecule has 10 heteroatoms. The largest absolute Gasteiger partial charge is 0.506 e. The maximum absolute atomic E-state index is 12.7. The Morgan fingerprint density at radius 3 is 2.37 bits per heavy atom. The highest BCUT2D eigenvalue weighted by atomic mass is 19.3. The van der Waals surface area contributed by atoms with Gasteiger partial charge in [-0.05, 0) is 35.4 Å². The third-order valence-corrected chi connectivity index (χ3v) is 6.28. The molecule has 4 N–H and O–H groups in total. The number of nitrogens with zero attached hydrogens (tertiary/aromatic N) is 2. The highest BCUT2D eigenvalue weighted by Gasteiger charge is 2.27. The Labute approximate surface area is 220 Å². The van der Waals surface area contributed by atoms with Gasteiger partial charge in [-0.3, -0.25) is 9.69 Å². The number of alkyl halides is 2. The number of aliphatic imine (C=N–C) groups is 1. The lowest BCUT2D eigenvalue weighted by Crippen LogP contribution is -2.35. The molecule has 1 fully saturated rings. The fourth-order valence-electron chi connectivity index (χ4n) is 4.16. The summed E-state index contributed by atoms with van der Waals surface area (Å²) in [7, 11) is 0. The standard InChI is InChI=1S/C28H30F2N4O4/c29-25(30)16-31-27(36)23(15-24-26(35)28(37)33-18-32-24)22-9-7-20(8-10-22)2-1-19-3-5-21(6-4-19)17-34-11-13-38-14-12-34/h3-10,18,23,25,28,35,37H,11-17H2,(H,31,36)(H,32,33). The van der Waals surface area contributed by atoms with Crippen LogP contribution in [0.1, 0.15) is 34.6 Å². The van der Waals surface area contributed by atoms with Gasteiger partial charge in [-0.1, -0.05) is 36.1 Å². The third-order valence-electron chi connectivity index (χ3n) is 6.28. The first-order chi connectivity index (χ1) is 18.4. The van der Waals surface area contributed by atoms with Crippen molar-refractivity contribution in [2.75, 3.05) is 32.8 Å². The summed E-state index contributed by atoms with van der Waals surface area (Å²) in [5.74, 6) is 4.27. The molecule has 2 aliphatic heterocycles. The van der Waals surface area contributed by atoms with Crippen LogP contribution in [0.25, 0.3) is 0 Å². The number of aliphatic hydroxyl groups is 2. The molecule has 0 radical (unpaired) electrons. The summed E-state index contributed by atoms with van der Waals surface area (Å²) in [6, 6.07) is 15.0. The fourth-order valence-corrected chi connectivity index (χ4v) is 4.16. The molecule has 200 valence electrons. The number of nitrogens with one attached hydrogen (secondary N) is 2. The topological polar surface area (TPSA) is 106 Å². The van der Waals surface area contributed by atoms with Gasteiger partial charge in [-0.2, -0.15) is 0 Å². The molecule has 38 heavy (non-hydrogen) atoms. The predicted octanol–water partition coefficient (Wildman–Crippen LogP) is 2.49. The summed E-state index contributed by atoms with van der Waals surface area (Å²) >= 11 is 0. The van der Waals surface area contributed by atoms with Gasteiger partial charge in [0.1, 0.15) is 0 Å². The van der Waals surface area contributed by atoms with E-state index in [1.165, 1.54) is 11.9 Å². The van der Waals surface area contributed by atoms with E-state index in [0.717, 1.165) is 44.0 Å². The zero-order valence-corrected chi connectivity index (χ0v) is 20.7. The Kier molecular flexibility index (Phi) is 9.43. The van der Waals surface area contributed by atoms with Crippen LogP contribution in [0.2, 0.25) is 0 Å². The van der Waals surface area contributed by atoms with Gasteiger partial charge in [0.15, 0.2) is 12.0 Å². The maximum atomic E-state index is 12.7. The van der Waals surface area contributed by atoms with Gasteiger partial charge in [0.05, 0.1) is 37.7 Å². The zero-order chi connectivity index (χ0) is 26.9. The monoisotopic (exact) mass is 524 g/mol. The molecule has 0 aromatic heterocycles. The summed E-state index contributed by atoms with van der Waals surface area (Å²) in [5, 5.41) is 24.6. The Morgan fingerprint density at radius 2 is 1.74 bits per heavy atom. The molecule has 1 amide bonds. The summed E-state index contributed by atoms with van der Waals surface area (Å²) in [6.45, 7) is 3.47. The molecule has 2 unspecified atom stereocenters. The Bertz CT molecular complexity index is 1210. The Hall–Kier alpha value is -3.78. The van der Waals surface area contributed by atoms with Gasteiger partial charge in [0, 0.05) is 37.2 Å². The van der Waals surface area contributed by atoms with Crippen LogP contribution in [-0.4, -0.2) is 72.9 Å². The second-order valence-corrected chi connectivity index (χ2v) is 9.01. The molecule has 2 aromatic rings. The maximum Gasteiger partial charge on any atom is 0.255 e. The number of amides is 1. The van der Waals surface area contributed by atoms with Gasteiger partial charge in [-0.25, -0.2) is 13.8 Å². The van der Waals surface area contributed by atoms with E-state index in [9.17, 15) is 23.8 Å². The first kappa shape index (κ1) is 27.3. The minimum absolute atomic E-state index is 0.0853. The number of ether oxygens (including phenoxy) is 1. The first-order valence-electron chi connectivity index (χ1n) is 12.3. The number of carbonyl (C=O) groups excluding carboxylic acids is 1. The number of hydrogen-bond acceptors (Lipinski definition) is 7. The molecule has 0 aliphatic carbocycles. The molecule has 4 rings (SSSR count). The second-order valence-electron chi connectivity index (χ2n) is 9.01. The average Bonchev–Trinajstić information content (AvgIpc) is 2.93. The normalized spacial score (nSPS) is 18.5. The van der Waals surface area contributed by atoms with Crippen molar-refractivity contribution < 1.29 is 28.5 Å².